The summed E-state index contributed by atoms with van der Waals surface area (Å²) in [6.07, 6.45) is 1.93. The molecule has 1 fully saturated rings. The van der Waals surface area contributed by atoms with Gasteiger partial charge in [0.1, 0.15) is 12.1 Å². The van der Waals surface area contributed by atoms with Gasteiger partial charge in [-0.3, -0.25) is 4.79 Å². The smallest absolute Gasteiger partial charge is 0.241 e. The maximum Gasteiger partial charge on any atom is 0.241 e. The van der Waals surface area contributed by atoms with Crippen molar-refractivity contribution < 1.29 is 13.9 Å². The van der Waals surface area contributed by atoms with Crippen molar-refractivity contribution in [1.29, 1.82) is 0 Å². The molecular weight excluding hydrogens is 258 g/mol. The minimum Gasteiger partial charge on any atom is -0.438 e. The molecule has 0 radical (unpaired) electrons. The van der Waals surface area contributed by atoms with Gasteiger partial charge in [0.25, 0.3) is 0 Å². The highest BCUT2D eigenvalue weighted by atomic mass is 16.5. The Balaban J connectivity index is 1.76. The third-order valence-corrected chi connectivity index (χ3v) is 3.34. The third-order valence-electron chi connectivity index (χ3n) is 3.34. The van der Waals surface area contributed by atoms with Crippen LogP contribution in [-0.4, -0.2) is 30.6 Å². The molecule has 0 spiro atoms. The molecule has 106 valence electrons. The van der Waals surface area contributed by atoms with E-state index in [9.17, 15) is 4.79 Å². The lowest BCUT2D eigenvalue weighted by Gasteiger charge is -2.10. The number of anilines is 1. The van der Waals surface area contributed by atoms with Crippen LogP contribution in [0, 0.1) is 0 Å². The van der Waals surface area contributed by atoms with Crippen molar-refractivity contribution in [3.05, 3.63) is 24.1 Å². The molecule has 2 aromatic rings. The van der Waals surface area contributed by atoms with E-state index in [4.69, 9.17) is 9.15 Å². The largest absolute Gasteiger partial charge is 0.438 e. The molecule has 1 aliphatic rings. The average Bonchev–Trinajstić information content (AvgIpc) is 3.07. The van der Waals surface area contributed by atoms with Crippen LogP contribution in [0.1, 0.15) is 18.7 Å². The minimum absolute atomic E-state index is 0.00228. The molecule has 1 saturated heterocycles. The molecule has 6 heteroatoms. The number of hydrogen-bond donors (Lipinski definition) is 2. The lowest BCUT2D eigenvalue weighted by molar-refractivity contribution is -0.117. The summed E-state index contributed by atoms with van der Waals surface area (Å²) in [5.74, 6) is 0.533. The van der Waals surface area contributed by atoms with Crippen molar-refractivity contribution in [2.75, 3.05) is 19.0 Å². The Hall–Kier alpha value is -1.92. The quantitative estimate of drug-likeness (QED) is 0.887. The monoisotopic (exact) mass is 275 g/mol. The molecule has 1 amide bonds. The molecule has 20 heavy (non-hydrogen) atoms. The number of nitrogens with one attached hydrogen (secondary N) is 2. The topological polar surface area (TPSA) is 76.4 Å². The van der Waals surface area contributed by atoms with Crippen LogP contribution in [0.2, 0.25) is 0 Å². The van der Waals surface area contributed by atoms with Crippen molar-refractivity contribution in [3.8, 4) is 0 Å². The maximum atomic E-state index is 12.0. The Morgan fingerprint density at radius 2 is 2.50 bits per heavy atom. The van der Waals surface area contributed by atoms with Crippen LogP contribution < -0.4 is 10.6 Å². The first kappa shape index (κ1) is 13.1. The highest BCUT2D eigenvalue weighted by Gasteiger charge is 2.22. The number of carbonyl (C=O) groups excluding carboxylic acids is 1. The van der Waals surface area contributed by atoms with E-state index in [1.165, 1.54) is 0 Å². The molecule has 1 aromatic carbocycles. The molecule has 2 heterocycles. The number of carbonyl (C=O) groups is 1. The van der Waals surface area contributed by atoms with Gasteiger partial charge in [0.2, 0.25) is 11.8 Å². The van der Waals surface area contributed by atoms with Gasteiger partial charge in [-0.1, -0.05) is 0 Å². The molecule has 3 rings (SSSR count). The number of ether oxygens (including phenoxy) is 1. The van der Waals surface area contributed by atoms with Crippen LogP contribution in [0.15, 0.2) is 22.6 Å². The fourth-order valence-corrected chi connectivity index (χ4v) is 2.38. The van der Waals surface area contributed by atoms with Gasteiger partial charge in [0.05, 0.1) is 6.04 Å². The molecule has 2 N–H and O–H groups in total. The van der Waals surface area contributed by atoms with Crippen molar-refractivity contribution in [3.63, 3.8) is 0 Å². The summed E-state index contributed by atoms with van der Waals surface area (Å²) in [6.45, 7) is 1.24. The van der Waals surface area contributed by atoms with Crippen molar-refractivity contribution in [2.45, 2.75) is 25.5 Å². The lowest BCUT2D eigenvalue weighted by atomic mass is 10.2. The second-order valence-electron chi connectivity index (χ2n) is 4.86. The van der Waals surface area contributed by atoms with Crippen molar-refractivity contribution in [2.24, 2.45) is 0 Å². The summed E-state index contributed by atoms with van der Waals surface area (Å²) in [5.41, 5.74) is 2.14. The zero-order valence-electron chi connectivity index (χ0n) is 11.3. The summed E-state index contributed by atoms with van der Waals surface area (Å²) >= 11 is 0. The molecule has 1 unspecified atom stereocenters. The summed E-state index contributed by atoms with van der Waals surface area (Å²) in [6, 6.07) is 5.34. The third kappa shape index (κ3) is 2.66. The summed E-state index contributed by atoms with van der Waals surface area (Å²) < 4.78 is 10.5. The molecule has 1 atom stereocenters. The van der Waals surface area contributed by atoms with E-state index in [1.54, 1.807) is 13.2 Å². The van der Waals surface area contributed by atoms with E-state index in [-0.39, 0.29) is 11.9 Å². The molecule has 6 nitrogen and oxygen atoms in total. The van der Waals surface area contributed by atoms with Gasteiger partial charge < -0.3 is 19.8 Å². The van der Waals surface area contributed by atoms with E-state index in [0.29, 0.717) is 23.6 Å². The molecule has 1 aromatic heterocycles. The number of oxazole rings is 1. The Bertz CT molecular complexity index is 617. The first-order chi connectivity index (χ1) is 9.76. The zero-order chi connectivity index (χ0) is 13.9. The molecule has 1 aliphatic heterocycles. The fraction of sp³-hybridized carbons (Fsp3) is 0.429. The van der Waals surface area contributed by atoms with Crippen molar-refractivity contribution in [1.82, 2.24) is 10.3 Å². The van der Waals surface area contributed by atoms with E-state index in [2.05, 4.69) is 15.6 Å². The predicted octanol–water partition coefficient (Wildman–Crippen LogP) is 1.66. The number of methoxy groups -OCH3 is 1. The van der Waals surface area contributed by atoms with Crippen LogP contribution >= 0.6 is 0 Å². The number of hydrogen-bond acceptors (Lipinski definition) is 5. The second kappa shape index (κ2) is 5.60. The molecule has 0 aliphatic carbocycles. The van der Waals surface area contributed by atoms with Crippen LogP contribution in [-0.2, 0) is 16.1 Å². The Kier molecular flexibility index (Phi) is 3.66. The van der Waals surface area contributed by atoms with E-state index >= 15 is 0 Å². The van der Waals surface area contributed by atoms with Gasteiger partial charge in [-0.15, -0.1) is 0 Å². The van der Waals surface area contributed by atoms with Gasteiger partial charge in [-0.05, 0) is 37.6 Å². The number of fused-ring (bicyclic) bond motifs is 1. The highest BCUT2D eigenvalue weighted by Crippen LogP contribution is 2.21. The van der Waals surface area contributed by atoms with Gasteiger partial charge in [0.15, 0.2) is 5.58 Å². The number of benzene rings is 1. The number of amides is 1. The first-order valence-electron chi connectivity index (χ1n) is 6.69. The maximum absolute atomic E-state index is 12.0. The van der Waals surface area contributed by atoms with Gasteiger partial charge in [-0.25, -0.2) is 4.98 Å². The van der Waals surface area contributed by atoms with Gasteiger partial charge in [-0.2, -0.15) is 0 Å². The summed E-state index contributed by atoms with van der Waals surface area (Å²) in [5, 5.41) is 6.07. The SMILES string of the molecule is COCc1nc2cc(NC(=O)C3CCCN3)ccc2o1. The van der Waals surface area contributed by atoms with Crippen molar-refractivity contribution >= 4 is 22.7 Å². The standard InChI is InChI=1S/C14H17N3O3/c1-19-8-13-17-11-7-9(4-5-12(11)20-13)16-14(18)10-3-2-6-15-10/h4-5,7,10,15H,2-3,6,8H2,1H3,(H,16,18). The second-order valence-corrected chi connectivity index (χ2v) is 4.86. The summed E-state index contributed by atoms with van der Waals surface area (Å²) in [4.78, 5) is 16.3. The Morgan fingerprint density at radius 3 is 3.25 bits per heavy atom. The van der Waals surface area contributed by atoms with E-state index in [1.807, 2.05) is 12.1 Å². The lowest BCUT2D eigenvalue weighted by Crippen LogP contribution is -2.35. The van der Waals surface area contributed by atoms with Crippen LogP contribution in [0.25, 0.3) is 11.1 Å². The van der Waals surface area contributed by atoms with Crippen LogP contribution in [0.4, 0.5) is 5.69 Å². The van der Waals surface area contributed by atoms with E-state index < -0.39 is 0 Å². The van der Waals surface area contributed by atoms with Crippen LogP contribution in [0.5, 0.6) is 0 Å². The number of aromatic nitrogens is 1. The van der Waals surface area contributed by atoms with Crippen LogP contribution in [0.3, 0.4) is 0 Å². The predicted molar refractivity (Wildman–Crippen MR) is 74.4 cm³/mol. The minimum atomic E-state index is -0.0907. The van der Waals surface area contributed by atoms with Gasteiger partial charge >= 0.3 is 0 Å². The highest BCUT2D eigenvalue weighted by molar-refractivity contribution is 5.96. The molecule has 0 saturated carbocycles. The van der Waals surface area contributed by atoms with E-state index in [0.717, 1.165) is 25.1 Å². The number of rotatable bonds is 4. The normalized spacial score (nSPS) is 18.6. The molecular formula is C14H17N3O3. The Labute approximate surface area is 116 Å². The number of nitrogens with zero attached hydrogens (tertiary/aromatic N) is 1. The fourth-order valence-electron chi connectivity index (χ4n) is 2.38. The summed E-state index contributed by atoms with van der Waals surface area (Å²) in [7, 11) is 1.59. The zero-order valence-corrected chi connectivity index (χ0v) is 11.3. The van der Waals surface area contributed by atoms with Gasteiger partial charge in [0, 0.05) is 12.8 Å². The average molecular weight is 275 g/mol. The Morgan fingerprint density at radius 1 is 1.60 bits per heavy atom. The first-order valence-corrected chi connectivity index (χ1v) is 6.69. The molecule has 0 bridgehead atoms.